The lowest BCUT2D eigenvalue weighted by Gasteiger charge is -2.20. The number of amides is 1. The minimum absolute atomic E-state index is 0.0123. The molecule has 0 heterocycles. The molecule has 1 amide bonds. The Hall–Kier alpha value is -2.34. The summed E-state index contributed by atoms with van der Waals surface area (Å²) in [5, 5.41) is 8.92. The second-order valence-electron chi connectivity index (χ2n) is 4.84. The van der Waals surface area contributed by atoms with Gasteiger partial charge in [-0.3, -0.25) is 9.59 Å². The van der Waals surface area contributed by atoms with Crippen molar-refractivity contribution in [2.45, 2.75) is 12.8 Å². The Balaban J connectivity index is 2.70. The van der Waals surface area contributed by atoms with Crippen LogP contribution in [0.25, 0.3) is 6.08 Å². The SMILES string of the molecule is COC(=O)CCN(CCCO)C(=O)/C=C/c1cccc(OC)c1. The highest BCUT2D eigenvalue weighted by molar-refractivity contribution is 5.92. The summed E-state index contributed by atoms with van der Waals surface area (Å²) < 4.78 is 9.71. The fourth-order valence-electron chi connectivity index (χ4n) is 1.94. The van der Waals surface area contributed by atoms with Gasteiger partial charge in [-0.05, 0) is 30.2 Å². The van der Waals surface area contributed by atoms with Crippen LogP contribution in [0.15, 0.2) is 30.3 Å². The van der Waals surface area contributed by atoms with Crippen molar-refractivity contribution in [2.24, 2.45) is 0 Å². The van der Waals surface area contributed by atoms with E-state index in [1.807, 2.05) is 24.3 Å². The zero-order chi connectivity index (χ0) is 17.1. The molecular formula is C17H23NO5. The van der Waals surface area contributed by atoms with Crippen LogP contribution in [0.2, 0.25) is 0 Å². The molecule has 23 heavy (non-hydrogen) atoms. The molecule has 0 saturated heterocycles. The summed E-state index contributed by atoms with van der Waals surface area (Å²) in [6.45, 7) is 0.629. The second-order valence-corrected chi connectivity index (χ2v) is 4.84. The maximum Gasteiger partial charge on any atom is 0.307 e. The number of nitrogens with zero attached hydrogens (tertiary/aromatic N) is 1. The van der Waals surface area contributed by atoms with Gasteiger partial charge in [-0.25, -0.2) is 0 Å². The first-order valence-electron chi connectivity index (χ1n) is 7.39. The van der Waals surface area contributed by atoms with E-state index < -0.39 is 0 Å². The fraction of sp³-hybridized carbons (Fsp3) is 0.412. The third-order valence-electron chi connectivity index (χ3n) is 3.22. The lowest BCUT2D eigenvalue weighted by Crippen LogP contribution is -2.33. The van der Waals surface area contributed by atoms with E-state index in [0.29, 0.717) is 18.7 Å². The highest BCUT2D eigenvalue weighted by Gasteiger charge is 2.12. The summed E-state index contributed by atoms with van der Waals surface area (Å²) in [5.74, 6) is 0.121. The van der Waals surface area contributed by atoms with Gasteiger partial charge in [0.25, 0.3) is 0 Å². The molecule has 6 heteroatoms. The van der Waals surface area contributed by atoms with Crippen LogP contribution in [0.3, 0.4) is 0 Å². The number of aliphatic hydroxyl groups excluding tert-OH is 1. The van der Waals surface area contributed by atoms with Crippen LogP contribution >= 0.6 is 0 Å². The number of ether oxygens (including phenoxy) is 2. The quantitative estimate of drug-likeness (QED) is 0.551. The summed E-state index contributed by atoms with van der Waals surface area (Å²) in [6.07, 6.45) is 3.72. The average molecular weight is 321 g/mol. The molecule has 0 radical (unpaired) electrons. The standard InChI is InChI=1S/C17H23NO5/c1-22-15-6-3-5-14(13-15)7-8-16(20)18(10-4-12-19)11-9-17(21)23-2/h3,5-8,13,19H,4,9-12H2,1-2H3/b8-7+. The molecule has 1 aromatic rings. The van der Waals surface area contributed by atoms with Gasteiger partial charge >= 0.3 is 5.97 Å². The third kappa shape index (κ3) is 6.97. The van der Waals surface area contributed by atoms with E-state index in [-0.39, 0.29) is 31.4 Å². The minimum Gasteiger partial charge on any atom is -0.497 e. The number of aliphatic hydroxyl groups is 1. The smallest absolute Gasteiger partial charge is 0.307 e. The van der Waals surface area contributed by atoms with Gasteiger partial charge in [-0.15, -0.1) is 0 Å². The zero-order valence-electron chi connectivity index (χ0n) is 13.5. The van der Waals surface area contributed by atoms with Crippen molar-refractivity contribution in [3.8, 4) is 5.75 Å². The number of carbonyl (C=O) groups is 2. The molecule has 6 nitrogen and oxygen atoms in total. The minimum atomic E-state index is -0.372. The Labute approximate surface area is 136 Å². The first kappa shape index (κ1) is 18.7. The molecule has 0 saturated carbocycles. The first-order chi connectivity index (χ1) is 11.1. The van der Waals surface area contributed by atoms with Gasteiger partial charge < -0.3 is 19.5 Å². The molecule has 0 aliphatic heterocycles. The molecule has 0 fully saturated rings. The topological polar surface area (TPSA) is 76.1 Å². The Morgan fingerprint density at radius 2 is 2.04 bits per heavy atom. The van der Waals surface area contributed by atoms with Crippen LogP contribution in [0.5, 0.6) is 5.75 Å². The van der Waals surface area contributed by atoms with Gasteiger partial charge in [-0.2, -0.15) is 0 Å². The molecule has 1 aromatic carbocycles. The van der Waals surface area contributed by atoms with E-state index in [1.54, 1.807) is 13.2 Å². The third-order valence-corrected chi connectivity index (χ3v) is 3.22. The van der Waals surface area contributed by atoms with E-state index in [4.69, 9.17) is 9.84 Å². The maximum atomic E-state index is 12.3. The van der Waals surface area contributed by atoms with Gasteiger partial charge in [-0.1, -0.05) is 12.1 Å². The molecule has 1 rings (SSSR count). The van der Waals surface area contributed by atoms with E-state index in [1.165, 1.54) is 18.1 Å². The average Bonchev–Trinajstić information content (AvgIpc) is 2.59. The number of rotatable bonds is 9. The van der Waals surface area contributed by atoms with E-state index in [0.717, 1.165) is 5.56 Å². The highest BCUT2D eigenvalue weighted by Crippen LogP contribution is 2.13. The number of esters is 1. The number of hydrogen-bond donors (Lipinski definition) is 1. The zero-order valence-corrected chi connectivity index (χ0v) is 13.5. The summed E-state index contributed by atoms with van der Waals surface area (Å²) in [5.41, 5.74) is 0.841. The highest BCUT2D eigenvalue weighted by atomic mass is 16.5. The number of hydrogen-bond acceptors (Lipinski definition) is 5. The predicted octanol–water partition coefficient (Wildman–Crippen LogP) is 1.48. The summed E-state index contributed by atoms with van der Waals surface area (Å²) in [4.78, 5) is 25.0. The number of benzene rings is 1. The predicted molar refractivity (Wildman–Crippen MR) is 86.9 cm³/mol. The van der Waals surface area contributed by atoms with Gasteiger partial charge in [0.1, 0.15) is 5.75 Å². The Kier molecular flexibility index (Phi) is 8.46. The van der Waals surface area contributed by atoms with Gasteiger partial charge in [0, 0.05) is 25.8 Å². The number of carbonyl (C=O) groups excluding carboxylic acids is 2. The van der Waals surface area contributed by atoms with Crippen molar-refractivity contribution >= 4 is 18.0 Å². The molecule has 126 valence electrons. The second kappa shape index (κ2) is 10.4. The van der Waals surface area contributed by atoms with Crippen molar-refractivity contribution in [1.82, 2.24) is 4.90 Å². The molecule has 0 aliphatic rings. The molecule has 0 bridgehead atoms. The van der Waals surface area contributed by atoms with Crippen molar-refractivity contribution in [2.75, 3.05) is 33.9 Å². The summed E-state index contributed by atoms with van der Waals surface area (Å²) in [7, 11) is 2.89. The van der Waals surface area contributed by atoms with Gasteiger partial charge in [0.2, 0.25) is 5.91 Å². The summed E-state index contributed by atoms with van der Waals surface area (Å²) >= 11 is 0. The van der Waals surface area contributed by atoms with Crippen molar-refractivity contribution in [1.29, 1.82) is 0 Å². The monoisotopic (exact) mass is 321 g/mol. The Bertz CT molecular complexity index is 542. The first-order valence-corrected chi connectivity index (χ1v) is 7.39. The normalized spacial score (nSPS) is 10.6. The van der Waals surface area contributed by atoms with Crippen LogP contribution in [0.1, 0.15) is 18.4 Å². The lowest BCUT2D eigenvalue weighted by atomic mass is 10.2. The van der Waals surface area contributed by atoms with E-state index >= 15 is 0 Å². The van der Waals surface area contributed by atoms with E-state index in [9.17, 15) is 9.59 Å². The van der Waals surface area contributed by atoms with Crippen molar-refractivity contribution < 1.29 is 24.2 Å². The molecule has 1 N–H and O–H groups in total. The molecular weight excluding hydrogens is 298 g/mol. The van der Waals surface area contributed by atoms with Gasteiger partial charge in [0.15, 0.2) is 0 Å². The molecule has 0 atom stereocenters. The Morgan fingerprint density at radius 3 is 2.70 bits per heavy atom. The summed E-state index contributed by atoms with van der Waals surface area (Å²) in [6, 6.07) is 7.34. The molecule has 0 unspecified atom stereocenters. The lowest BCUT2D eigenvalue weighted by molar-refractivity contribution is -0.141. The number of methoxy groups -OCH3 is 2. The van der Waals surface area contributed by atoms with Crippen LogP contribution in [0, 0.1) is 0 Å². The van der Waals surface area contributed by atoms with Crippen LogP contribution in [0.4, 0.5) is 0 Å². The van der Waals surface area contributed by atoms with Crippen molar-refractivity contribution in [3.63, 3.8) is 0 Å². The maximum absolute atomic E-state index is 12.3. The van der Waals surface area contributed by atoms with Gasteiger partial charge in [0.05, 0.1) is 20.6 Å². The Morgan fingerprint density at radius 1 is 1.26 bits per heavy atom. The van der Waals surface area contributed by atoms with Crippen LogP contribution < -0.4 is 4.74 Å². The molecule has 0 aliphatic carbocycles. The molecule has 0 aromatic heterocycles. The largest absolute Gasteiger partial charge is 0.497 e. The molecule has 0 spiro atoms. The van der Waals surface area contributed by atoms with Crippen LogP contribution in [-0.2, 0) is 14.3 Å². The van der Waals surface area contributed by atoms with Crippen molar-refractivity contribution in [3.05, 3.63) is 35.9 Å². The van der Waals surface area contributed by atoms with Crippen LogP contribution in [-0.4, -0.2) is 55.8 Å². The fourth-order valence-corrected chi connectivity index (χ4v) is 1.94. The van der Waals surface area contributed by atoms with E-state index in [2.05, 4.69) is 4.74 Å².